The highest BCUT2D eigenvalue weighted by atomic mass is 16.1. The summed E-state index contributed by atoms with van der Waals surface area (Å²) in [4.78, 5) is 27.6. The SMILES string of the molecule is CC1=CC(=NC(=O)c2cccc(C)c2)C(C)=CC1=O. The molecule has 0 unspecified atom stereocenters. The van der Waals surface area contributed by atoms with Crippen LogP contribution in [0, 0.1) is 6.92 Å². The van der Waals surface area contributed by atoms with Crippen LogP contribution in [0.25, 0.3) is 0 Å². The van der Waals surface area contributed by atoms with Gasteiger partial charge in [0.05, 0.1) is 5.71 Å². The molecule has 1 aliphatic carbocycles. The lowest BCUT2D eigenvalue weighted by Crippen LogP contribution is -2.12. The average Bonchev–Trinajstić information content (AvgIpc) is 2.36. The standard InChI is InChI=1S/C16H15NO2/c1-10-5-4-6-13(7-10)16(19)17-14-8-12(3)15(18)9-11(14)2/h4-9H,1-3H3. The number of allylic oxidation sites excluding steroid dienone is 4. The molecule has 0 spiro atoms. The molecule has 0 fully saturated rings. The van der Waals surface area contributed by atoms with Crippen LogP contribution in [0.1, 0.15) is 29.8 Å². The van der Waals surface area contributed by atoms with Crippen LogP contribution in [-0.2, 0) is 4.79 Å². The quantitative estimate of drug-likeness (QED) is 0.722. The molecule has 0 aliphatic heterocycles. The second kappa shape index (κ2) is 5.14. The largest absolute Gasteiger partial charge is 0.290 e. The van der Waals surface area contributed by atoms with Crippen molar-refractivity contribution in [3.05, 3.63) is 58.7 Å². The molecule has 1 amide bonds. The van der Waals surface area contributed by atoms with Crippen molar-refractivity contribution < 1.29 is 9.59 Å². The van der Waals surface area contributed by atoms with Gasteiger partial charge in [-0.05, 0) is 56.2 Å². The summed E-state index contributed by atoms with van der Waals surface area (Å²) in [5, 5.41) is 0. The van der Waals surface area contributed by atoms with Gasteiger partial charge in [0.1, 0.15) is 0 Å². The average molecular weight is 253 g/mol. The Labute approximate surface area is 112 Å². The van der Waals surface area contributed by atoms with Gasteiger partial charge in [0.2, 0.25) is 0 Å². The van der Waals surface area contributed by atoms with Crippen molar-refractivity contribution in [1.82, 2.24) is 0 Å². The number of benzene rings is 1. The molecule has 0 atom stereocenters. The van der Waals surface area contributed by atoms with E-state index in [4.69, 9.17) is 0 Å². The molecule has 1 aromatic carbocycles. The van der Waals surface area contributed by atoms with Gasteiger partial charge < -0.3 is 0 Å². The van der Waals surface area contributed by atoms with Gasteiger partial charge in [0, 0.05) is 5.56 Å². The summed E-state index contributed by atoms with van der Waals surface area (Å²) in [5.74, 6) is -0.315. The minimum absolute atomic E-state index is 0.0283. The van der Waals surface area contributed by atoms with E-state index >= 15 is 0 Å². The van der Waals surface area contributed by atoms with Gasteiger partial charge in [0.15, 0.2) is 5.78 Å². The molecular weight excluding hydrogens is 238 g/mol. The summed E-state index contributed by atoms with van der Waals surface area (Å²) in [6.45, 7) is 5.43. The van der Waals surface area contributed by atoms with Crippen LogP contribution in [0.2, 0.25) is 0 Å². The van der Waals surface area contributed by atoms with Crippen LogP contribution in [0.3, 0.4) is 0 Å². The monoisotopic (exact) mass is 253 g/mol. The summed E-state index contributed by atoms with van der Waals surface area (Å²) in [5.41, 5.74) is 3.45. The van der Waals surface area contributed by atoms with Crippen LogP contribution in [0.15, 0.2) is 52.6 Å². The van der Waals surface area contributed by atoms with Gasteiger partial charge in [-0.3, -0.25) is 9.59 Å². The normalized spacial score (nSPS) is 17.2. The van der Waals surface area contributed by atoms with E-state index < -0.39 is 0 Å². The van der Waals surface area contributed by atoms with Gasteiger partial charge in [-0.25, -0.2) is 4.99 Å². The Morgan fingerprint density at radius 1 is 1.05 bits per heavy atom. The number of ketones is 1. The number of carbonyl (C=O) groups excluding carboxylic acids is 2. The van der Waals surface area contributed by atoms with Crippen LogP contribution < -0.4 is 0 Å². The number of aryl methyl sites for hydroxylation is 1. The van der Waals surface area contributed by atoms with E-state index in [-0.39, 0.29) is 11.7 Å². The van der Waals surface area contributed by atoms with Crippen molar-refractivity contribution in [2.24, 2.45) is 4.99 Å². The molecule has 19 heavy (non-hydrogen) atoms. The molecule has 96 valence electrons. The number of nitrogens with zero attached hydrogens (tertiary/aromatic N) is 1. The summed E-state index contributed by atoms with van der Waals surface area (Å²) in [6, 6.07) is 7.30. The zero-order valence-electron chi connectivity index (χ0n) is 11.2. The smallest absolute Gasteiger partial charge is 0.277 e. The maximum atomic E-state index is 12.1. The molecule has 0 bridgehead atoms. The summed E-state index contributed by atoms with van der Waals surface area (Å²) in [6.07, 6.45) is 3.17. The predicted molar refractivity (Wildman–Crippen MR) is 75.5 cm³/mol. The highest BCUT2D eigenvalue weighted by Crippen LogP contribution is 2.13. The van der Waals surface area contributed by atoms with E-state index in [1.807, 2.05) is 19.1 Å². The van der Waals surface area contributed by atoms with Crippen molar-refractivity contribution in [3.8, 4) is 0 Å². The Bertz CT molecular complexity index is 648. The number of hydrogen-bond donors (Lipinski definition) is 0. The maximum absolute atomic E-state index is 12.1. The lowest BCUT2D eigenvalue weighted by molar-refractivity contribution is -0.111. The maximum Gasteiger partial charge on any atom is 0.277 e. The van der Waals surface area contributed by atoms with E-state index in [9.17, 15) is 9.59 Å². The van der Waals surface area contributed by atoms with E-state index in [0.29, 0.717) is 16.8 Å². The van der Waals surface area contributed by atoms with Crippen LogP contribution in [0.5, 0.6) is 0 Å². The molecule has 1 aromatic rings. The molecule has 0 saturated heterocycles. The molecule has 1 aliphatic rings. The van der Waals surface area contributed by atoms with Gasteiger partial charge in [-0.2, -0.15) is 0 Å². The Morgan fingerprint density at radius 2 is 1.79 bits per heavy atom. The fraction of sp³-hybridized carbons (Fsp3) is 0.188. The third-order valence-electron chi connectivity index (χ3n) is 2.98. The molecule has 0 saturated carbocycles. The summed E-state index contributed by atoms with van der Waals surface area (Å²) < 4.78 is 0. The molecule has 2 rings (SSSR count). The molecule has 0 heterocycles. The predicted octanol–water partition coefficient (Wildman–Crippen LogP) is 3.05. The third kappa shape index (κ3) is 2.94. The second-order valence-corrected chi connectivity index (χ2v) is 4.69. The zero-order valence-corrected chi connectivity index (χ0v) is 11.2. The third-order valence-corrected chi connectivity index (χ3v) is 2.98. The Balaban J connectivity index is 2.34. The Morgan fingerprint density at radius 3 is 2.47 bits per heavy atom. The van der Waals surface area contributed by atoms with Gasteiger partial charge in [-0.15, -0.1) is 0 Å². The molecule has 0 aromatic heterocycles. The Kier molecular flexibility index (Phi) is 3.56. The fourth-order valence-electron chi connectivity index (χ4n) is 1.85. The lowest BCUT2D eigenvalue weighted by atomic mass is 9.98. The molecule has 0 N–H and O–H groups in total. The molecule has 0 radical (unpaired) electrons. The van der Waals surface area contributed by atoms with E-state index in [1.165, 1.54) is 6.08 Å². The van der Waals surface area contributed by atoms with Crippen molar-refractivity contribution in [1.29, 1.82) is 0 Å². The molecule has 3 nitrogen and oxygen atoms in total. The number of aliphatic imine (C=N–C) groups is 1. The first-order valence-corrected chi connectivity index (χ1v) is 6.08. The minimum Gasteiger partial charge on any atom is -0.290 e. The molecular formula is C16H15NO2. The minimum atomic E-state index is -0.287. The van der Waals surface area contributed by atoms with Crippen LogP contribution in [0.4, 0.5) is 0 Å². The van der Waals surface area contributed by atoms with Crippen molar-refractivity contribution >= 4 is 17.4 Å². The van der Waals surface area contributed by atoms with Crippen molar-refractivity contribution in [2.45, 2.75) is 20.8 Å². The second-order valence-electron chi connectivity index (χ2n) is 4.69. The van der Waals surface area contributed by atoms with Crippen LogP contribution >= 0.6 is 0 Å². The van der Waals surface area contributed by atoms with E-state index in [0.717, 1.165) is 11.1 Å². The highest BCUT2D eigenvalue weighted by molar-refractivity contribution is 6.24. The summed E-state index contributed by atoms with van der Waals surface area (Å²) >= 11 is 0. The van der Waals surface area contributed by atoms with E-state index in [1.54, 1.807) is 32.1 Å². The lowest BCUT2D eigenvalue weighted by Gasteiger charge is -2.09. The van der Waals surface area contributed by atoms with Crippen LogP contribution in [-0.4, -0.2) is 17.4 Å². The number of rotatable bonds is 1. The van der Waals surface area contributed by atoms with Gasteiger partial charge in [-0.1, -0.05) is 17.7 Å². The van der Waals surface area contributed by atoms with Gasteiger partial charge in [0.25, 0.3) is 5.91 Å². The number of hydrogen-bond acceptors (Lipinski definition) is 2. The van der Waals surface area contributed by atoms with E-state index in [2.05, 4.69) is 4.99 Å². The van der Waals surface area contributed by atoms with Crippen molar-refractivity contribution in [2.75, 3.05) is 0 Å². The van der Waals surface area contributed by atoms with Crippen molar-refractivity contribution in [3.63, 3.8) is 0 Å². The summed E-state index contributed by atoms with van der Waals surface area (Å²) in [7, 11) is 0. The first-order valence-electron chi connectivity index (χ1n) is 6.08. The number of carbonyl (C=O) groups is 2. The first kappa shape index (κ1) is 13.1. The first-order chi connectivity index (χ1) is 8.97. The Hall–Kier alpha value is -2.29. The number of amides is 1. The highest BCUT2D eigenvalue weighted by Gasteiger charge is 2.14. The fourth-order valence-corrected chi connectivity index (χ4v) is 1.85. The molecule has 3 heteroatoms. The zero-order chi connectivity index (χ0) is 14.0. The van der Waals surface area contributed by atoms with Gasteiger partial charge >= 0.3 is 0 Å². The topological polar surface area (TPSA) is 46.5 Å².